The number of hydrogen-bond acceptors (Lipinski definition) is 6. The van der Waals surface area contributed by atoms with Gasteiger partial charge in [-0.2, -0.15) is 0 Å². The van der Waals surface area contributed by atoms with E-state index in [0.717, 1.165) is 38.6 Å². The number of fused-ring (bicyclic) bond motifs is 5. The maximum absolute atomic E-state index is 11.3. The quantitative estimate of drug-likeness (QED) is 0.553. The van der Waals surface area contributed by atoms with E-state index in [4.69, 9.17) is 4.74 Å². The number of piperidine rings is 1. The molecule has 0 aromatic heterocycles. The molecule has 29 heavy (non-hydrogen) atoms. The third-order valence-corrected chi connectivity index (χ3v) is 9.88. The largest absolute Gasteiger partial charge is 0.393 e. The second kappa shape index (κ2) is 7.42. The smallest absolute Gasteiger partial charge is 0.183 e. The lowest BCUT2D eigenvalue weighted by Gasteiger charge is -2.55. The van der Waals surface area contributed by atoms with Crippen molar-refractivity contribution < 1.29 is 25.2 Å². The molecule has 0 bridgehead atoms. The third kappa shape index (κ3) is 2.97. The Kier molecular flexibility index (Phi) is 5.28. The van der Waals surface area contributed by atoms with Gasteiger partial charge in [0.1, 0.15) is 11.8 Å². The van der Waals surface area contributed by atoms with Crippen LogP contribution in [0.5, 0.6) is 0 Å². The molecule has 2 aliphatic carbocycles. The van der Waals surface area contributed by atoms with Gasteiger partial charge in [0, 0.05) is 24.4 Å². The van der Waals surface area contributed by atoms with E-state index in [2.05, 4.69) is 11.8 Å². The number of aliphatic hydroxyl groups is 4. The van der Waals surface area contributed by atoms with Crippen molar-refractivity contribution >= 4 is 0 Å². The molecule has 12 unspecified atom stereocenters. The average Bonchev–Trinajstić information content (AvgIpc) is 3.08. The van der Waals surface area contributed by atoms with Crippen molar-refractivity contribution in [3.8, 4) is 0 Å². The van der Waals surface area contributed by atoms with Crippen LogP contribution in [-0.2, 0) is 4.74 Å². The molecule has 0 aromatic carbocycles. The summed E-state index contributed by atoms with van der Waals surface area (Å²) in [5.74, 6) is 2.75. The van der Waals surface area contributed by atoms with E-state index in [1.165, 1.54) is 6.42 Å². The molecule has 12 atom stereocenters. The van der Waals surface area contributed by atoms with E-state index < -0.39 is 18.1 Å². The maximum Gasteiger partial charge on any atom is 0.183 e. The van der Waals surface area contributed by atoms with E-state index >= 15 is 0 Å². The van der Waals surface area contributed by atoms with Crippen molar-refractivity contribution in [3.05, 3.63) is 0 Å². The Morgan fingerprint density at radius 2 is 1.76 bits per heavy atom. The molecule has 0 spiro atoms. The van der Waals surface area contributed by atoms with Crippen molar-refractivity contribution in [1.82, 2.24) is 4.90 Å². The lowest BCUT2D eigenvalue weighted by Crippen LogP contribution is -2.66. The highest BCUT2D eigenvalue weighted by Gasteiger charge is 2.62. The normalized spacial score (nSPS) is 57.5. The fourth-order valence-corrected chi connectivity index (χ4v) is 8.41. The van der Waals surface area contributed by atoms with Gasteiger partial charge in [0.05, 0.1) is 12.7 Å². The molecule has 3 aliphatic heterocycles. The zero-order valence-corrected chi connectivity index (χ0v) is 17.9. The van der Waals surface area contributed by atoms with Crippen molar-refractivity contribution in [2.24, 2.45) is 41.4 Å². The van der Waals surface area contributed by atoms with E-state index in [9.17, 15) is 20.4 Å². The second-order valence-corrected chi connectivity index (χ2v) is 10.7. The predicted molar refractivity (Wildman–Crippen MR) is 108 cm³/mol. The Morgan fingerprint density at radius 3 is 2.48 bits per heavy atom. The Morgan fingerprint density at radius 1 is 0.966 bits per heavy atom. The number of aliphatic hydroxyl groups excluding tert-OH is 3. The summed E-state index contributed by atoms with van der Waals surface area (Å²) in [6, 6.07) is 0.279. The molecule has 5 rings (SSSR count). The number of rotatable bonds is 2. The molecule has 0 radical (unpaired) electrons. The first-order chi connectivity index (χ1) is 13.9. The molecule has 6 heteroatoms. The van der Waals surface area contributed by atoms with Crippen LogP contribution in [0, 0.1) is 41.4 Å². The van der Waals surface area contributed by atoms with Gasteiger partial charge in [0.2, 0.25) is 0 Å². The molecule has 2 saturated carbocycles. The van der Waals surface area contributed by atoms with Crippen molar-refractivity contribution in [2.45, 2.75) is 89.1 Å². The van der Waals surface area contributed by atoms with E-state index in [0.29, 0.717) is 42.6 Å². The van der Waals surface area contributed by atoms with Gasteiger partial charge >= 0.3 is 0 Å². The Labute approximate surface area is 174 Å². The molecule has 3 saturated heterocycles. The molecule has 5 fully saturated rings. The van der Waals surface area contributed by atoms with Crippen molar-refractivity contribution in [3.63, 3.8) is 0 Å². The summed E-state index contributed by atoms with van der Waals surface area (Å²) in [5, 5.41) is 43.2. The van der Waals surface area contributed by atoms with Gasteiger partial charge in [-0.3, -0.25) is 4.90 Å². The Hall–Kier alpha value is -0.240. The molecule has 5 aliphatic rings. The van der Waals surface area contributed by atoms with E-state index in [1.54, 1.807) is 0 Å². The summed E-state index contributed by atoms with van der Waals surface area (Å²) < 4.78 is 5.51. The lowest BCUT2D eigenvalue weighted by molar-refractivity contribution is -0.308. The minimum atomic E-state index is -1.27. The van der Waals surface area contributed by atoms with Crippen LogP contribution in [0.25, 0.3) is 0 Å². The van der Waals surface area contributed by atoms with Crippen molar-refractivity contribution in [2.75, 3.05) is 13.2 Å². The Bertz CT molecular complexity index is 618. The summed E-state index contributed by atoms with van der Waals surface area (Å²) in [6.45, 7) is 5.42. The SMILES string of the molecule is CCC1C2CC(O)CCC2CC2C1CN1C(O)C3COC(O)C(O)(CC)C3CC21. The first kappa shape index (κ1) is 20.7. The van der Waals surface area contributed by atoms with Crippen LogP contribution in [-0.4, -0.2) is 68.7 Å². The topological polar surface area (TPSA) is 93.4 Å². The van der Waals surface area contributed by atoms with Gasteiger partial charge in [-0.15, -0.1) is 0 Å². The minimum Gasteiger partial charge on any atom is -0.393 e. The van der Waals surface area contributed by atoms with Crippen LogP contribution in [0.1, 0.15) is 58.8 Å². The van der Waals surface area contributed by atoms with Gasteiger partial charge < -0.3 is 25.2 Å². The fourth-order valence-electron chi connectivity index (χ4n) is 8.41. The van der Waals surface area contributed by atoms with Crippen LogP contribution >= 0.6 is 0 Å². The zero-order valence-electron chi connectivity index (χ0n) is 17.9. The summed E-state index contributed by atoms with van der Waals surface area (Å²) in [4.78, 5) is 2.31. The van der Waals surface area contributed by atoms with Crippen molar-refractivity contribution in [1.29, 1.82) is 0 Å². The first-order valence-electron chi connectivity index (χ1n) is 12.0. The molecule has 4 N–H and O–H groups in total. The number of hydrogen-bond donors (Lipinski definition) is 4. The molecule has 6 nitrogen and oxygen atoms in total. The molecule has 0 amide bonds. The summed E-state index contributed by atoms with van der Waals surface area (Å²) in [5.41, 5.74) is -1.27. The van der Waals surface area contributed by atoms with Crippen LogP contribution in [0.3, 0.4) is 0 Å². The maximum atomic E-state index is 11.3. The van der Waals surface area contributed by atoms with Gasteiger partial charge in [-0.25, -0.2) is 0 Å². The molecule has 166 valence electrons. The summed E-state index contributed by atoms with van der Waals surface area (Å²) in [7, 11) is 0. The van der Waals surface area contributed by atoms with Crippen LogP contribution in [0.4, 0.5) is 0 Å². The van der Waals surface area contributed by atoms with Crippen LogP contribution in [0.15, 0.2) is 0 Å². The Balaban J connectivity index is 1.44. The van der Waals surface area contributed by atoms with Gasteiger partial charge in [-0.05, 0) is 68.1 Å². The highest BCUT2D eigenvalue weighted by molar-refractivity contribution is 5.10. The second-order valence-electron chi connectivity index (χ2n) is 10.7. The lowest BCUT2D eigenvalue weighted by atomic mass is 9.56. The number of nitrogens with zero attached hydrogens (tertiary/aromatic N) is 1. The number of ether oxygens (including phenoxy) is 1. The highest BCUT2D eigenvalue weighted by Crippen LogP contribution is 2.58. The predicted octanol–water partition coefficient (Wildman–Crippen LogP) is 1.55. The first-order valence-corrected chi connectivity index (χ1v) is 12.0. The molecular weight excluding hydrogens is 370 g/mol. The molecule has 3 heterocycles. The van der Waals surface area contributed by atoms with Gasteiger partial charge in [-0.1, -0.05) is 20.3 Å². The summed E-state index contributed by atoms with van der Waals surface area (Å²) in [6.07, 6.45) is 4.68. The van der Waals surface area contributed by atoms with Crippen LogP contribution in [0.2, 0.25) is 0 Å². The fraction of sp³-hybridized carbons (Fsp3) is 1.00. The third-order valence-electron chi connectivity index (χ3n) is 9.88. The van der Waals surface area contributed by atoms with E-state index in [-0.39, 0.29) is 24.0 Å². The standard InChI is InChI=1S/C23H39NO5/c1-3-14-15-8-13(25)6-5-12(15)7-16-17(14)10-24-20(16)9-19-18(21(24)26)11-29-22(27)23(19,28)4-2/h12-22,25-28H,3-11H2,1-2H3. The molecule has 0 aromatic rings. The average molecular weight is 410 g/mol. The summed E-state index contributed by atoms with van der Waals surface area (Å²) >= 11 is 0. The monoisotopic (exact) mass is 409 g/mol. The van der Waals surface area contributed by atoms with Crippen LogP contribution < -0.4 is 0 Å². The minimum absolute atomic E-state index is 0.128. The molecular formula is C23H39NO5. The highest BCUT2D eigenvalue weighted by atomic mass is 16.6. The van der Waals surface area contributed by atoms with Gasteiger partial charge in [0.15, 0.2) is 6.29 Å². The van der Waals surface area contributed by atoms with E-state index in [1.807, 2.05) is 6.92 Å². The zero-order chi connectivity index (χ0) is 20.5. The van der Waals surface area contributed by atoms with Gasteiger partial charge in [0.25, 0.3) is 0 Å².